The lowest BCUT2D eigenvalue weighted by Gasteiger charge is -2.20. The first-order valence-electron chi connectivity index (χ1n) is 7.39. The van der Waals surface area contributed by atoms with E-state index in [0.717, 1.165) is 30.3 Å². The van der Waals surface area contributed by atoms with Crippen LogP contribution >= 0.6 is 0 Å². The van der Waals surface area contributed by atoms with E-state index in [-0.39, 0.29) is 0 Å². The fourth-order valence-corrected chi connectivity index (χ4v) is 2.19. The summed E-state index contributed by atoms with van der Waals surface area (Å²) < 4.78 is 0. The Balaban J connectivity index is 2.11. The van der Waals surface area contributed by atoms with E-state index in [0.29, 0.717) is 5.92 Å². The molecule has 4 heteroatoms. The molecule has 1 N–H and O–H groups in total. The maximum Gasteiger partial charge on any atom is 0.151 e. The van der Waals surface area contributed by atoms with Gasteiger partial charge < -0.3 is 10.2 Å². The number of rotatable bonds is 6. The molecule has 4 nitrogen and oxygen atoms in total. The topological polar surface area (TPSA) is 41.1 Å². The molecule has 0 radical (unpaired) electrons. The number of hydrogen-bond donors (Lipinski definition) is 1. The predicted octanol–water partition coefficient (Wildman–Crippen LogP) is 3.30. The molecular formula is C17H24N4. The minimum Gasteiger partial charge on any atom is -0.328 e. The highest BCUT2D eigenvalue weighted by Crippen LogP contribution is 2.24. The van der Waals surface area contributed by atoms with Crippen LogP contribution in [0.4, 0.5) is 11.5 Å². The summed E-state index contributed by atoms with van der Waals surface area (Å²) in [6.07, 6.45) is 3.63. The lowest BCUT2D eigenvalue weighted by Crippen LogP contribution is -2.20. The van der Waals surface area contributed by atoms with Crippen molar-refractivity contribution in [3.8, 4) is 0 Å². The molecule has 0 unspecified atom stereocenters. The van der Waals surface area contributed by atoms with E-state index in [1.165, 1.54) is 5.56 Å². The monoisotopic (exact) mass is 284 g/mol. The van der Waals surface area contributed by atoms with Crippen LogP contribution in [0.25, 0.3) is 0 Å². The average molecular weight is 284 g/mol. The second kappa shape index (κ2) is 7.18. The fraction of sp³-hybridized carbons (Fsp3) is 0.412. The van der Waals surface area contributed by atoms with Crippen molar-refractivity contribution >= 4 is 11.5 Å². The smallest absolute Gasteiger partial charge is 0.151 e. The number of aryl methyl sites for hydroxylation is 1. The highest BCUT2D eigenvalue weighted by Gasteiger charge is 2.09. The third kappa shape index (κ3) is 4.26. The van der Waals surface area contributed by atoms with Crippen LogP contribution < -0.4 is 10.2 Å². The van der Waals surface area contributed by atoms with Gasteiger partial charge >= 0.3 is 0 Å². The van der Waals surface area contributed by atoms with Crippen molar-refractivity contribution in [1.82, 2.24) is 15.3 Å². The van der Waals surface area contributed by atoms with E-state index in [9.17, 15) is 0 Å². The lowest BCUT2D eigenvalue weighted by molar-refractivity contribution is 0.547. The first kappa shape index (κ1) is 15.4. The molecule has 0 atom stereocenters. The molecule has 0 saturated heterocycles. The molecule has 0 aliphatic rings. The molecule has 0 aliphatic carbocycles. The Bertz CT molecular complexity index is 581. The van der Waals surface area contributed by atoms with Crippen LogP contribution in [0.1, 0.15) is 25.1 Å². The molecule has 0 fully saturated rings. The molecule has 0 saturated carbocycles. The molecule has 2 aromatic rings. The van der Waals surface area contributed by atoms with Gasteiger partial charge in [-0.2, -0.15) is 0 Å². The molecule has 21 heavy (non-hydrogen) atoms. The number of aromatic nitrogens is 2. The normalized spacial score (nSPS) is 10.9. The Hall–Kier alpha value is -1.94. The van der Waals surface area contributed by atoms with Crippen molar-refractivity contribution in [2.75, 3.05) is 18.5 Å². The van der Waals surface area contributed by atoms with Crippen molar-refractivity contribution in [3.63, 3.8) is 0 Å². The van der Waals surface area contributed by atoms with E-state index in [1.807, 2.05) is 25.4 Å². The van der Waals surface area contributed by atoms with Gasteiger partial charge in [0.2, 0.25) is 0 Å². The summed E-state index contributed by atoms with van der Waals surface area (Å²) >= 11 is 0. The van der Waals surface area contributed by atoms with Crippen LogP contribution in [0.3, 0.4) is 0 Å². The molecule has 0 bridgehead atoms. The van der Waals surface area contributed by atoms with Gasteiger partial charge in [0.15, 0.2) is 5.82 Å². The Morgan fingerprint density at radius 3 is 2.67 bits per heavy atom. The van der Waals surface area contributed by atoms with Crippen LogP contribution in [-0.4, -0.2) is 23.6 Å². The molecule has 0 amide bonds. The third-order valence-electron chi connectivity index (χ3n) is 3.35. The van der Waals surface area contributed by atoms with Gasteiger partial charge in [0, 0.05) is 25.5 Å². The predicted molar refractivity (Wildman–Crippen MR) is 87.8 cm³/mol. The Morgan fingerprint density at radius 2 is 1.95 bits per heavy atom. The maximum absolute atomic E-state index is 4.69. The number of para-hydroxylation sites is 1. The van der Waals surface area contributed by atoms with Gasteiger partial charge in [-0.1, -0.05) is 32.0 Å². The number of nitrogens with zero attached hydrogens (tertiary/aromatic N) is 3. The van der Waals surface area contributed by atoms with Gasteiger partial charge in [-0.3, -0.25) is 4.98 Å². The number of benzene rings is 1. The standard InChI is InChI=1S/C17H24N4/c1-13(2)9-18-10-15-11-19-12-17(20-15)21(4)16-8-6-5-7-14(16)3/h5-8,11-13,18H,9-10H2,1-4H3. The zero-order valence-corrected chi connectivity index (χ0v) is 13.3. The van der Waals surface area contributed by atoms with E-state index >= 15 is 0 Å². The van der Waals surface area contributed by atoms with Gasteiger partial charge in [-0.15, -0.1) is 0 Å². The largest absolute Gasteiger partial charge is 0.328 e. The zero-order chi connectivity index (χ0) is 15.2. The van der Waals surface area contributed by atoms with Gasteiger partial charge in [0.05, 0.1) is 11.9 Å². The molecule has 112 valence electrons. The summed E-state index contributed by atoms with van der Waals surface area (Å²) in [7, 11) is 2.03. The zero-order valence-electron chi connectivity index (χ0n) is 13.3. The van der Waals surface area contributed by atoms with Gasteiger partial charge in [-0.05, 0) is 31.0 Å². The minimum absolute atomic E-state index is 0.635. The van der Waals surface area contributed by atoms with Crippen molar-refractivity contribution in [3.05, 3.63) is 47.9 Å². The molecule has 1 aromatic heterocycles. The summed E-state index contributed by atoms with van der Waals surface area (Å²) in [5.74, 6) is 1.50. The maximum atomic E-state index is 4.69. The van der Waals surface area contributed by atoms with Crippen molar-refractivity contribution in [2.45, 2.75) is 27.3 Å². The highest BCUT2D eigenvalue weighted by atomic mass is 15.2. The Labute approximate surface area is 127 Å². The molecule has 1 aromatic carbocycles. The van der Waals surface area contributed by atoms with E-state index < -0.39 is 0 Å². The quantitative estimate of drug-likeness (QED) is 0.883. The van der Waals surface area contributed by atoms with Gasteiger partial charge in [0.1, 0.15) is 0 Å². The lowest BCUT2D eigenvalue weighted by atomic mass is 10.2. The molecular weight excluding hydrogens is 260 g/mol. The van der Waals surface area contributed by atoms with Crippen molar-refractivity contribution in [1.29, 1.82) is 0 Å². The van der Waals surface area contributed by atoms with Crippen molar-refractivity contribution in [2.24, 2.45) is 5.92 Å². The Morgan fingerprint density at radius 1 is 1.19 bits per heavy atom. The van der Waals surface area contributed by atoms with E-state index in [4.69, 9.17) is 0 Å². The first-order chi connectivity index (χ1) is 10.1. The van der Waals surface area contributed by atoms with Crippen LogP contribution in [0, 0.1) is 12.8 Å². The highest BCUT2D eigenvalue weighted by molar-refractivity contribution is 5.62. The van der Waals surface area contributed by atoms with Crippen LogP contribution in [0.2, 0.25) is 0 Å². The minimum atomic E-state index is 0.635. The molecule has 0 spiro atoms. The van der Waals surface area contributed by atoms with Crippen LogP contribution in [0.15, 0.2) is 36.7 Å². The van der Waals surface area contributed by atoms with Crippen molar-refractivity contribution < 1.29 is 0 Å². The number of nitrogens with one attached hydrogen (secondary N) is 1. The SMILES string of the molecule is Cc1ccccc1N(C)c1cncc(CNCC(C)C)n1. The second-order valence-corrected chi connectivity index (χ2v) is 5.74. The number of anilines is 2. The van der Waals surface area contributed by atoms with Gasteiger partial charge in [0.25, 0.3) is 0 Å². The fourth-order valence-electron chi connectivity index (χ4n) is 2.19. The summed E-state index contributed by atoms with van der Waals surface area (Å²) in [5, 5.41) is 3.40. The summed E-state index contributed by atoms with van der Waals surface area (Å²) in [6, 6.07) is 8.29. The molecule has 0 aliphatic heterocycles. The molecule has 2 rings (SSSR count). The second-order valence-electron chi connectivity index (χ2n) is 5.74. The summed E-state index contributed by atoms with van der Waals surface area (Å²) in [5.41, 5.74) is 3.35. The third-order valence-corrected chi connectivity index (χ3v) is 3.35. The summed E-state index contributed by atoms with van der Waals surface area (Å²) in [4.78, 5) is 11.1. The van der Waals surface area contributed by atoms with Crippen LogP contribution in [-0.2, 0) is 6.54 Å². The molecule has 1 heterocycles. The summed E-state index contributed by atoms with van der Waals surface area (Å²) in [6.45, 7) is 8.23. The van der Waals surface area contributed by atoms with Crippen LogP contribution in [0.5, 0.6) is 0 Å². The van der Waals surface area contributed by atoms with Gasteiger partial charge in [-0.25, -0.2) is 4.98 Å². The van der Waals surface area contributed by atoms with E-state index in [2.05, 4.69) is 53.1 Å². The first-order valence-corrected chi connectivity index (χ1v) is 7.39. The van der Waals surface area contributed by atoms with E-state index in [1.54, 1.807) is 6.20 Å². The Kier molecular flexibility index (Phi) is 5.28. The average Bonchev–Trinajstić information content (AvgIpc) is 2.47. The number of hydrogen-bond acceptors (Lipinski definition) is 4.